The van der Waals surface area contributed by atoms with E-state index in [1.54, 1.807) is 51.1 Å². The van der Waals surface area contributed by atoms with Gasteiger partial charge in [-0.25, -0.2) is 9.48 Å². The van der Waals surface area contributed by atoms with Crippen molar-refractivity contribution in [2.45, 2.75) is 83.0 Å². The number of para-hydroxylation sites is 1. The molecule has 276 valence electrons. The van der Waals surface area contributed by atoms with Crippen LogP contribution in [0.25, 0.3) is 5.69 Å². The number of ether oxygens (including phenoxy) is 2. The number of amides is 4. The van der Waals surface area contributed by atoms with Crippen molar-refractivity contribution in [2.75, 3.05) is 39.3 Å². The van der Waals surface area contributed by atoms with Gasteiger partial charge in [-0.15, -0.1) is 5.06 Å². The summed E-state index contributed by atoms with van der Waals surface area (Å²) in [6.07, 6.45) is 1.66. The van der Waals surface area contributed by atoms with Crippen molar-refractivity contribution in [3.05, 3.63) is 42.1 Å². The number of hydroxylamine groups is 2. The monoisotopic (exact) mass is 711 g/mol. The molecule has 1 aromatic heterocycles. The minimum absolute atomic E-state index is 0.0639. The highest BCUT2D eigenvalue weighted by Gasteiger charge is 2.43. The van der Waals surface area contributed by atoms with Gasteiger partial charge in [-0.2, -0.15) is 5.10 Å². The molecule has 0 bridgehead atoms. The Hall–Kier alpha value is -5.19. The SMILES string of the molecule is CCOC(=O)ON1CCN(C(=O)[C@H](CCC(=O)O)NC(=O)c2cc(OC(C)(C)C(=O)N3CCC[C@@H]3C(=O)NC3CC3)n(-c3ccccc3)n2)CC1. The molecule has 5 rings (SSSR count). The second kappa shape index (κ2) is 16.2. The number of nitrogens with zero attached hydrogens (tertiary/aromatic N) is 5. The van der Waals surface area contributed by atoms with Gasteiger partial charge >= 0.3 is 12.1 Å². The van der Waals surface area contributed by atoms with Crippen LogP contribution in [0.3, 0.4) is 0 Å². The van der Waals surface area contributed by atoms with Crippen LogP contribution in [0.2, 0.25) is 0 Å². The molecule has 0 spiro atoms. The van der Waals surface area contributed by atoms with Crippen LogP contribution in [0.5, 0.6) is 5.88 Å². The Balaban J connectivity index is 1.32. The summed E-state index contributed by atoms with van der Waals surface area (Å²) < 4.78 is 12.4. The summed E-state index contributed by atoms with van der Waals surface area (Å²) in [4.78, 5) is 85.3. The zero-order valence-corrected chi connectivity index (χ0v) is 29.0. The smallest absolute Gasteiger partial charge is 0.481 e. The Kier molecular flexibility index (Phi) is 11.8. The van der Waals surface area contributed by atoms with E-state index < -0.39 is 47.5 Å². The molecule has 0 unspecified atom stereocenters. The molecule has 2 saturated heterocycles. The maximum atomic E-state index is 13.9. The number of piperazine rings is 1. The van der Waals surface area contributed by atoms with E-state index in [9.17, 15) is 33.9 Å². The molecule has 3 N–H and O–H groups in total. The van der Waals surface area contributed by atoms with E-state index in [2.05, 4.69) is 15.7 Å². The third-order valence-corrected chi connectivity index (χ3v) is 8.79. The van der Waals surface area contributed by atoms with Crippen molar-refractivity contribution in [1.29, 1.82) is 0 Å². The lowest BCUT2D eigenvalue weighted by Crippen LogP contribution is -2.55. The predicted molar refractivity (Wildman–Crippen MR) is 179 cm³/mol. The number of hydrogen-bond acceptors (Lipinski definition) is 11. The van der Waals surface area contributed by atoms with Crippen LogP contribution in [-0.4, -0.2) is 129 Å². The van der Waals surface area contributed by atoms with Crippen molar-refractivity contribution < 1.29 is 48.2 Å². The Labute approximate surface area is 295 Å². The number of carbonyl (C=O) groups excluding carboxylic acids is 5. The Morgan fingerprint density at radius 3 is 2.35 bits per heavy atom. The number of nitrogens with one attached hydrogen (secondary N) is 2. The maximum absolute atomic E-state index is 13.9. The van der Waals surface area contributed by atoms with Crippen LogP contribution in [0, 0.1) is 0 Å². The number of benzene rings is 1. The summed E-state index contributed by atoms with van der Waals surface area (Å²) in [5.74, 6) is -2.91. The molecule has 3 fully saturated rings. The number of carbonyl (C=O) groups is 6. The number of aliphatic carboxylic acids is 1. The number of carboxylic acid groups (broad SMARTS) is 1. The van der Waals surface area contributed by atoms with E-state index in [1.165, 1.54) is 25.6 Å². The summed E-state index contributed by atoms with van der Waals surface area (Å²) >= 11 is 0. The van der Waals surface area contributed by atoms with Crippen LogP contribution in [-0.2, 0) is 28.8 Å². The summed E-state index contributed by atoms with van der Waals surface area (Å²) in [5.41, 5.74) is -1.08. The largest absolute Gasteiger partial charge is 0.527 e. The van der Waals surface area contributed by atoms with Gasteiger partial charge in [0.2, 0.25) is 17.7 Å². The van der Waals surface area contributed by atoms with Crippen molar-refractivity contribution in [1.82, 2.24) is 35.3 Å². The fourth-order valence-corrected chi connectivity index (χ4v) is 5.99. The Bertz CT molecular complexity index is 1600. The van der Waals surface area contributed by atoms with E-state index in [-0.39, 0.29) is 69.2 Å². The Morgan fingerprint density at radius 1 is 1.00 bits per heavy atom. The van der Waals surface area contributed by atoms with Crippen LogP contribution < -0.4 is 15.4 Å². The molecule has 1 aromatic carbocycles. The molecule has 2 atom stereocenters. The molecule has 1 aliphatic carbocycles. The number of rotatable bonds is 14. The van der Waals surface area contributed by atoms with Gasteiger partial charge < -0.3 is 39.9 Å². The molecule has 2 aliphatic heterocycles. The van der Waals surface area contributed by atoms with Gasteiger partial charge in [0.1, 0.15) is 12.1 Å². The first kappa shape index (κ1) is 37.1. The average molecular weight is 712 g/mol. The highest BCUT2D eigenvalue weighted by Crippen LogP contribution is 2.29. The summed E-state index contributed by atoms with van der Waals surface area (Å²) in [7, 11) is 0. The summed E-state index contributed by atoms with van der Waals surface area (Å²) in [6, 6.07) is 8.51. The third-order valence-electron chi connectivity index (χ3n) is 8.79. The molecular formula is C34H45N7O10. The van der Waals surface area contributed by atoms with E-state index in [1.807, 2.05) is 0 Å². The standard InChI is InChI=1S/C34H45N7O10/c1-4-49-33(48)51-39-19-17-38(18-20-39)31(46)24(14-15-28(42)43)36-29(44)25-21-27(41(37-25)23-9-6-5-7-10-23)50-34(2,3)32(47)40-16-8-11-26(40)30(45)35-22-12-13-22/h5-7,9-10,21-22,24,26H,4,8,11-20H2,1-3H3,(H,35,45)(H,36,44)(H,42,43)/t24-,26+/m0/s1. The van der Waals surface area contributed by atoms with Crippen molar-refractivity contribution in [3.63, 3.8) is 0 Å². The van der Waals surface area contributed by atoms with Gasteiger partial charge in [0.15, 0.2) is 11.3 Å². The van der Waals surface area contributed by atoms with E-state index in [4.69, 9.17) is 14.3 Å². The van der Waals surface area contributed by atoms with E-state index in [0.29, 0.717) is 25.1 Å². The molecule has 17 nitrogen and oxygen atoms in total. The van der Waals surface area contributed by atoms with E-state index >= 15 is 0 Å². The molecule has 3 heterocycles. The number of carboxylic acids is 1. The van der Waals surface area contributed by atoms with Gasteiger partial charge in [0, 0.05) is 38.2 Å². The normalized spacial score (nSPS) is 18.5. The molecule has 2 aromatic rings. The zero-order chi connectivity index (χ0) is 36.7. The Morgan fingerprint density at radius 2 is 1.71 bits per heavy atom. The highest BCUT2D eigenvalue weighted by atomic mass is 16.8. The molecule has 4 amide bonds. The van der Waals surface area contributed by atoms with Gasteiger partial charge in [-0.1, -0.05) is 18.2 Å². The minimum atomic E-state index is -1.47. The second-order valence-electron chi connectivity index (χ2n) is 13.2. The second-order valence-corrected chi connectivity index (χ2v) is 13.2. The zero-order valence-electron chi connectivity index (χ0n) is 29.0. The highest BCUT2D eigenvalue weighted by molar-refractivity contribution is 5.97. The fraction of sp³-hybridized carbons (Fsp3) is 0.559. The number of aromatic nitrogens is 2. The third kappa shape index (κ3) is 9.53. The molecular weight excluding hydrogens is 666 g/mol. The first-order chi connectivity index (χ1) is 24.4. The van der Waals surface area contributed by atoms with Crippen molar-refractivity contribution >= 4 is 35.8 Å². The van der Waals surface area contributed by atoms with Gasteiger partial charge in [-0.05, 0) is 65.0 Å². The van der Waals surface area contributed by atoms with E-state index in [0.717, 1.165) is 12.8 Å². The quantitative estimate of drug-likeness (QED) is 0.239. The van der Waals surface area contributed by atoms with Gasteiger partial charge in [-0.3, -0.25) is 24.0 Å². The molecule has 51 heavy (non-hydrogen) atoms. The van der Waals surface area contributed by atoms with Crippen LogP contribution >= 0.6 is 0 Å². The van der Waals surface area contributed by atoms with Crippen molar-refractivity contribution in [3.8, 4) is 11.6 Å². The molecule has 17 heteroatoms. The number of likely N-dealkylation sites (tertiary alicyclic amines) is 1. The maximum Gasteiger partial charge on any atom is 0.527 e. The first-order valence-electron chi connectivity index (χ1n) is 17.2. The van der Waals surface area contributed by atoms with Crippen LogP contribution in [0.1, 0.15) is 69.8 Å². The van der Waals surface area contributed by atoms with Crippen LogP contribution in [0.15, 0.2) is 36.4 Å². The first-order valence-corrected chi connectivity index (χ1v) is 17.2. The predicted octanol–water partition coefficient (Wildman–Crippen LogP) is 1.49. The lowest BCUT2D eigenvalue weighted by molar-refractivity contribution is -0.157. The summed E-state index contributed by atoms with van der Waals surface area (Å²) in [5, 5.41) is 20.8. The average Bonchev–Trinajstić information content (AvgIpc) is 3.60. The minimum Gasteiger partial charge on any atom is -0.481 e. The number of hydrogen-bond donors (Lipinski definition) is 3. The molecule has 3 aliphatic rings. The van der Waals surface area contributed by atoms with Crippen LogP contribution in [0.4, 0.5) is 4.79 Å². The van der Waals surface area contributed by atoms with Crippen molar-refractivity contribution in [2.24, 2.45) is 0 Å². The van der Waals surface area contributed by atoms with Gasteiger partial charge in [0.25, 0.3) is 11.8 Å². The molecule has 1 saturated carbocycles. The lowest BCUT2D eigenvalue weighted by Gasteiger charge is -2.35. The fourth-order valence-electron chi connectivity index (χ4n) is 5.99. The molecule has 0 radical (unpaired) electrons. The lowest BCUT2D eigenvalue weighted by atomic mass is 10.1. The summed E-state index contributed by atoms with van der Waals surface area (Å²) in [6.45, 7) is 6.05. The van der Waals surface area contributed by atoms with Gasteiger partial charge in [0.05, 0.1) is 25.4 Å². The topological polar surface area (TPSA) is 202 Å².